The molecule has 4 nitrogen and oxygen atoms in total. The first-order valence-corrected chi connectivity index (χ1v) is 10.00. The van der Waals surface area contributed by atoms with E-state index in [-0.39, 0.29) is 5.91 Å². The van der Waals surface area contributed by atoms with Crippen molar-refractivity contribution in [3.8, 4) is 10.6 Å². The molecule has 0 atom stereocenters. The van der Waals surface area contributed by atoms with Gasteiger partial charge in [-0.1, -0.05) is 71.5 Å². The van der Waals surface area contributed by atoms with Crippen molar-refractivity contribution in [2.24, 2.45) is 0 Å². The van der Waals surface area contributed by atoms with E-state index >= 15 is 0 Å². The number of carbonyl (C=O) groups is 1. The third-order valence-corrected chi connectivity index (χ3v) is 5.47. The van der Waals surface area contributed by atoms with Gasteiger partial charge in [0, 0.05) is 23.5 Å². The van der Waals surface area contributed by atoms with E-state index in [1.165, 1.54) is 22.5 Å². The van der Waals surface area contributed by atoms with Gasteiger partial charge in [0.25, 0.3) is 0 Å². The van der Waals surface area contributed by atoms with Gasteiger partial charge in [0.1, 0.15) is 5.01 Å². The van der Waals surface area contributed by atoms with Gasteiger partial charge in [-0.2, -0.15) is 11.8 Å². The van der Waals surface area contributed by atoms with Crippen LogP contribution in [0.4, 0.5) is 5.13 Å². The Morgan fingerprint density at radius 3 is 2.60 bits per heavy atom. The second-order valence-corrected chi connectivity index (χ2v) is 7.70. The van der Waals surface area contributed by atoms with Gasteiger partial charge in [-0.25, -0.2) is 0 Å². The molecule has 2 aromatic carbocycles. The highest BCUT2D eigenvalue weighted by atomic mass is 32.2. The van der Waals surface area contributed by atoms with Crippen LogP contribution in [0.25, 0.3) is 10.6 Å². The smallest absolute Gasteiger partial charge is 0.227 e. The van der Waals surface area contributed by atoms with Crippen molar-refractivity contribution in [1.82, 2.24) is 10.2 Å². The molecular weight excluding hydrogens is 350 g/mol. The lowest BCUT2D eigenvalue weighted by Crippen LogP contribution is -2.12. The Balaban J connectivity index is 1.44. The van der Waals surface area contributed by atoms with Crippen molar-refractivity contribution in [2.75, 3.05) is 11.1 Å². The third-order valence-electron chi connectivity index (χ3n) is 3.55. The molecular formula is C19H19N3OS2. The molecule has 3 rings (SSSR count). The minimum Gasteiger partial charge on any atom is -0.300 e. The maximum atomic E-state index is 12.0. The van der Waals surface area contributed by atoms with Crippen molar-refractivity contribution >= 4 is 34.1 Å². The van der Waals surface area contributed by atoms with E-state index in [4.69, 9.17) is 0 Å². The van der Waals surface area contributed by atoms with Crippen LogP contribution in [0.1, 0.15) is 17.5 Å². The maximum absolute atomic E-state index is 12.0. The molecule has 128 valence electrons. The number of nitrogens with zero attached hydrogens (tertiary/aromatic N) is 2. The van der Waals surface area contributed by atoms with Crippen molar-refractivity contribution < 1.29 is 4.79 Å². The molecule has 0 saturated heterocycles. The molecule has 0 unspecified atom stereocenters. The van der Waals surface area contributed by atoms with Crippen molar-refractivity contribution in [3.63, 3.8) is 0 Å². The van der Waals surface area contributed by atoms with Gasteiger partial charge in [-0.15, -0.1) is 10.2 Å². The molecule has 1 N–H and O–H groups in total. The molecule has 0 spiro atoms. The van der Waals surface area contributed by atoms with Gasteiger partial charge in [0.2, 0.25) is 11.0 Å². The topological polar surface area (TPSA) is 54.9 Å². The lowest BCUT2D eigenvalue weighted by molar-refractivity contribution is -0.115. The highest BCUT2D eigenvalue weighted by Crippen LogP contribution is 2.26. The Morgan fingerprint density at radius 1 is 1.08 bits per heavy atom. The van der Waals surface area contributed by atoms with Gasteiger partial charge >= 0.3 is 0 Å². The van der Waals surface area contributed by atoms with Gasteiger partial charge in [-0.3, -0.25) is 4.79 Å². The fraction of sp³-hybridized carbons (Fsp3) is 0.211. The number of hydrogen-bond donors (Lipinski definition) is 1. The summed E-state index contributed by atoms with van der Waals surface area (Å²) in [6.07, 6.45) is 0.469. The van der Waals surface area contributed by atoms with Crippen molar-refractivity contribution in [2.45, 2.75) is 19.1 Å². The van der Waals surface area contributed by atoms with E-state index in [1.54, 1.807) is 11.8 Å². The SMILES string of the molecule is Cc1ccc(-c2nnc(NC(=O)CCSCc3ccccc3)s2)cc1. The first kappa shape index (κ1) is 17.6. The number of hydrogen-bond acceptors (Lipinski definition) is 5. The standard InChI is InChI=1S/C19H19N3OS2/c1-14-7-9-16(10-8-14)18-21-22-19(25-18)20-17(23)11-12-24-13-15-5-3-2-4-6-15/h2-10H,11-13H2,1H3,(H,20,22,23). The molecule has 25 heavy (non-hydrogen) atoms. The van der Waals surface area contributed by atoms with Gasteiger partial charge in [0.15, 0.2) is 0 Å². The summed E-state index contributed by atoms with van der Waals surface area (Å²) in [6.45, 7) is 2.05. The summed E-state index contributed by atoms with van der Waals surface area (Å²) >= 11 is 3.15. The van der Waals surface area contributed by atoms with Crippen LogP contribution < -0.4 is 5.32 Å². The second kappa shape index (κ2) is 8.78. The summed E-state index contributed by atoms with van der Waals surface area (Å²) in [5, 5.41) is 12.4. The van der Waals surface area contributed by atoms with E-state index in [9.17, 15) is 4.79 Å². The minimum absolute atomic E-state index is 0.0211. The third kappa shape index (κ3) is 5.41. The molecule has 0 aliphatic heterocycles. The zero-order chi connectivity index (χ0) is 17.5. The summed E-state index contributed by atoms with van der Waals surface area (Å²) in [4.78, 5) is 12.0. The van der Waals surface area contributed by atoms with E-state index in [2.05, 4.69) is 27.6 Å². The predicted octanol–water partition coefficient (Wildman–Crippen LogP) is 4.78. The number of rotatable bonds is 7. The average Bonchev–Trinajstić information content (AvgIpc) is 3.09. The quantitative estimate of drug-likeness (QED) is 0.609. The molecule has 0 fully saturated rings. The first-order chi connectivity index (χ1) is 12.2. The number of nitrogens with one attached hydrogen (secondary N) is 1. The van der Waals surface area contributed by atoms with Crippen LogP contribution in [-0.2, 0) is 10.5 Å². The fourth-order valence-electron chi connectivity index (χ4n) is 2.20. The highest BCUT2D eigenvalue weighted by molar-refractivity contribution is 7.98. The molecule has 1 aromatic heterocycles. The Labute approximate surface area is 155 Å². The van der Waals surface area contributed by atoms with Crippen LogP contribution in [0.2, 0.25) is 0 Å². The first-order valence-electron chi connectivity index (χ1n) is 8.03. The summed E-state index contributed by atoms with van der Waals surface area (Å²) in [5.74, 6) is 1.68. The molecule has 3 aromatic rings. The molecule has 1 amide bonds. The molecule has 0 aliphatic rings. The number of anilines is 1. The van der Waals surface area contributed by atoms with Crippen LogP contribution >= 0.6 is 23.1 Å². The van der Waals surface area contributed by atoms with Gasteiger partial charge in [0.05, 0.1) is 0 Å². The summed E-state index contributed by atoms with van der Waals surface area (Å²) in [5.41, 5.74) is 3.50. The molecule has 0 aliphatic carbocycles. The summed E-state index contributed by atoms with van der Waals surface area (Å²) in [7, 11) is 0. The number of benzene rings is 2. The van der Waals surface area contributed by atoms with E-state index in [0.29, 0.717) is 11.6 Å². The van der Waals surface area contributed by atoms with Crippen LogP contribution in [0.5, 0.6) is 0 Å². The monoisotopic (exact) mass is 369 g/mol. The Kier molecular flexibility index (Phi) is 6.19. The highest BCUT2D eigenvalue weighted by Gasteiger charge is 2.09. The van der Waals surface area contributed by atoms with Crippen molar-refractivity contribution in [1.29, 1.82) is 0 Å². The van der Waals surface area contributed by atoms with Crippen LogP contribution in [-0.4, -0.2) is 21.9 Å². The minimum atomic E-state index is -0.0211. The number of amides is 1. The second-order valence-electron chi connectivity index (χ2n) is 5.61. The summed E-state index contributed by atoms with van der Waals surface area (Å²) in [6, 6.07) is 18.4. The molecule has 0 saturated carbocycles. The van der Waals surface area contributed by atoms with Crippen LogP contribution in [0.3, 0.4) is 0 Å². The molecule has 0 radical (unpaired) electrons. The average molecular weight is 370 g/mol. The number of aryl methyl sites for hydroxylation is 1. The van der Waals surface area contributed by atoms with Crippen molar-refractivity contribution in [3.05, 3.63) is 65.7 Å². The maximum Gasteiger partial charge on any atom is 0.227 e. The van der Waals surface area contributed by atoms with E-state index in [1.807, 2.05) is 49.4 Å². The Bertz CT molecular complexity index is 816. The predicted molar refractivity (Wildman–Crippen MR) is 106 cm³/mol. The number of aromatic nitrogens is 2. The van der Waals surface area contributed by atoms with Gasteiger partial charge in [-0.05, 0) is 12.5 Å². The van der Waals surface area contributed by atoms with E-state index < -0.39 is 0 Å². The largest absolute Gasteiger partial charge is 0.300 e. The number of thioether (sulfide) groups is 1. The lowest BCUT2D eigenvalue weighted by atomic mass is 10.2. The molecule has 6 heteroatoms. The number of carbonyl (C=O) groups excluding carboxylic acids is 1. The van der Waals surface area contributed by atoms with E-state index in [0.717, 1.165) is 22.1 Å². The fourth-order valence-corrected chi connectivity index (χ4v) is 3.86. The van der Waals surface area contributed by atoms with Crippen LogP contribution in [0.15, 0.2) is 54.6 Å². The summed E-state index contributed by atoms with van der Waals surface area (Å²) < 4.78 is 0. The molecule has 0 bridgehead atoms. The lowest BCUT2D eigenvalue weighted by Gasteiger charge is -2.02. The molecule has 1 heterocycles. The Morgan fingerprint density at radius 2 is 1.84 bits per heavy atom. The Hall–Kier alpha value is -2.18. The van der Waals surface area contributed by atoms with Crippen LogP contribution in [0, 0.1) is 6.92 Å². The van der Waals surface area contributed by atoms with Gasteiger partial charge < -0.3 is 5.32 Å². The zero-order valence-electron chi connectivity index (χ0n) is 13.9. The zero-order valence-corrected chi connectivity index (χ0v) is 15.6. The normalized spacial score (nSPS) is 10.6.